The first kappa shape index (κ1) is 15.3. The summed E-state index contributed by atoms with van der Waals surface area (Å²) in [5.74, 6) is 2.80. The second-order valence-electron chi connectivity index (χ2n) is 6.27. The number of carbonyl (C=O) groups is 1. The first-order chi connectivity index (χ1) is 10.6. The minimum absolute atomic E-state index is 0.0998. The Hall–Kier alpha value is -1.56. The van der Waals surface area contributed by atoms with Crippen molar-refractivity contribution in [1.29, 1.82) is 0 Å². The van der Waals surface area contributed by atoms with Crippen molar-refractivity contribution in [3.05, 3.63) is 39.9 Å². The molecular weight excluding hydrogens is 300 g/mol. The van der Waals surface area contributed by atoms with Crippen molar-refractivity contribution in [1.82, 2.24) is 5.32 Å². The number of thioether (sulfide) groups is 1. The lowest BCUT2D eigenvalue weighted by atomic mass is 9.95. The van der Waals surface area contributed by atoms with Crippen LogP contribution in [0.5, 0.6) is 0 Å². The van der Waals surface area contributed by atoms with Crippen molar-refractivity contribution >= 4 is 23.4 Å². The maximum Gasteiger partial charge on any atom is 0.269 e. The number of carbonyl (C=O) groups excluding carboxylic acids is 1. The fourth-order valence-electron chi connectivity index (χ4n) is 3.65. The summed E-state index contributed by atoms with van der Waals surface area (Å²) >= 11 is 1.55. The van der Waals surface area contributed by atoms with Crippen LogP contribution in [0, 0.1) is 22.0 Å². The van der Waals surface area contributed by atoms with Crippen LogP contribution in [0.2, 0.25) is 0 Å². The van der Waals surface area contributed by atoms with E-state index in [1.807, 2.05) is 0 Å². The average Bonchev–Trinajstić information content (AvgIpc) is 3.10. The van der Waals surface area contributed by atoms with Gasteiger partial charge in [0.05, 0.1) is 10.7 Å². The van der Waals surface area contributed by atoms with Gasteiger partial charge in [-0.1, -0.05) is 18.6 Å². The summed E-state index contributed by atoms with van der Waals surface area (Å²) in [6, 6.07) is 6.90. The van der Waals surface area contributed by atoms with E-state index >= 15 is 0 Å². The minimum atomic E-state index is -0.403. The van der Waals surface area contributed by atoms with Crippen LogP contribution in [0.3, 0.4) is 0 Å². The molecule has 2 saturated carbocycles. The molecular formula is C16H20N2O3S. The smallest absolute Gasteiger partial charge is 0.269 e. The van der Waals surface area contributed by atoms with Crippen LogP contribution in [0.25, 0.3) is 0 Å². The molecule has 22 heavy (non-hydrogen) atoms. The zero-order valence-electron chi connectivity index (χ0n) is 12.4. The molecule has 1 N–H and O–H groups in total. The van der Waals surface area contributed by atoms with Crippen LogP contribution in [0.4, 0.5) is 5.69 Å². The summed E-state index contributed by atoms with van der Waals surface area (Å²) < 4.78 is 0. The highest BCUT2D eigenvalue weighted by atomic mass is 32.2. The molecule has 3 atom stereocenters. The highest BCUT2D eigenvalue weighted by molar-refractivity contribution is 7.99. The van der Waals surface area contributed by atoms with Crippen molar-refractivity contribution in [2.24, 2.45) is 11.8 Å². The van der Waals surface area contributed by atoms with Crippen LogP contribution in [-0.2, 0) is 10.5 Å². The number of non-ortho nitro benzene ring substituents is 1. The molecule has 6 heteroatoms. The molecule has 0 aromatic heterocycles. The fraction of sp³-hybridized carbons (Fsp3) is 0.562. The van der Waals surface area contributed by atoms with Gasteiger partial charge in [-0.15, -0.1) is 11.8 Å². The Labute approximate surface area is 134 Å². The third-order valence-electron chi connectivity index (χ3n) is 4.73. The van der Waals surface area contributed by atoms with Crippen LogP contribution in [0.1, 0.15) is 31.2 Å². The fourth-order valence-corrected chi connectivity index (χ4v) is 4.44. The van der Waals surface area contributed by atoms with Crippen LogP contribution >= 0.6 is 11.8 Å². The van der Waals surface area contributed by atoms with Gasteiger partial charge in [-0.2, -0.15) is 0 Å². The maximum atomic E-state index is 12.0. The number of amides is 1. The Morgan fingerprint density at radius 2 is 2.05 bits per heavy atom. The molecule has 0 unspecified atom stereocenters. The van der Waals surface area contributed by atoms with Gasteiger partial charge >= 0.3 is 0 Å². The Kier molecular flexibility index (Phi) is 4.66. The molecule has 0 spiro atoms. The normalized spacial score (nSPS) is 26.1. The molecule has 0 saturated heterocycles. The third-order valence-corrected chi connectivity index (χ3v) is 5.74. The van der Waals surface area contributed by atoms with Crippen LogP contribution < -0.4 is 5.32 Å². The summed E-state index contributed by atoms with van der Waals surface area (Å²) in [6.07, 6.45) is 5.06. The second kappa shape index (κ2) is 6.69. The molecule has 3 rings (SSSR count). The molecule has 1 aromatic rings. The first-order valence-electron chi connectivity index (χ1n) is 7.72. The summed E-state index contributed by atoms with van der Waals surface area (Å²) in [4.78, 5) is 22.2. The highest BCUT2D eigenvalue weighted by Gasteiger charge is 2.39. The number of hydrogen-bond donors (Lipinski definition) is 1. The van der Waals surface area contributed by atoms with Crippen molar-refractivity contribution in [2.75, 3.05) is 5.75 Å². The van der Waals surface area contributed by atoms with E-state index in [0.29, 0.717) is 23.5 Å². The number of nitro benzene ring substituents is 1. The lowest BCUT2D eigenvalue weighted by molar-refractivity contribution is -0.384. The number of hydrogen-bond acceptors (Lipinski definition) is 4. The molecule has 2 bridgehead atoms. The maximum absolute atomic E-state index is 12.0. The monoisotopic (exact) mass is 320 g/mol. The van der Waals surface area contributed by atoms with Gasteiger partial charge in [-0.25, -0.2) is 0 Å². The molecule has 1 amide bonds. The van der Waals surface area contributed by atoms with E-state index in [4.69, 9.17) is 0 Å². The lowest BCUT2D eigenvalue weighted by Crippen LogP contribution is -2.39. The van der Waals surface area contributed by atoms with Crippen molar-refractivity contribution < 1.29 is 9.72 Å². The Morgan fingerprint density at radius 1 is 1.27 bits per heavy atom. The standard InChI is InChI=1S/C16H20N2O3S/c19-16(17-15-8-12-1-4-13(15)7-12)10-22-9-11-2-5-14(6-3-11)18(20)21/h2-3,5-6,12-13,15H,1,4,7-10H2,(H,17,19)/t12-,13+,15-/m1/s1. The Bertz CT molecular complexity index is 561. The number of fused-ring (bicyclic) bond motifs is 2. The Morgan fingerprint density at radius 3 is 2.64 bits per heavy atom. The lowest BCUT2D eigenvalue weighted by Gasteiger charge is -2.22. The molecule has 2 aliphatic rings. The van der Waals surface area contributed by atoms with Gasteiger partial charge in [-0.3, -0.25) is 14.9 Å². The number of benzene rings is 1. The molecule has 0 heterocycles. The van der Waals surface area contributed by atoms with Gasteiger partial charge in [0, 0.05) is 23.9 Å². The van der Waals surface area contributed by atoms with Gasteiger partial charge in [0.1, 0.15) is 0 Å². The first-order valence-corrected chi connectivity index (χ1v) is 8.87. The van der Waals surface area contributed by atoms with E-state index in [1.165, 1.54) is 31.4 Å². The van der Waals surface area contributed by atoms with E-state index in [0.717, 1.165) is 17.9 Å². The summed E-state index contributed by atoms with van der Waals surface area (Å²) in [5.41, 5.74) is 1.10. The van der Waals surface area contributed by atoms with Gasteiger partial charge < -0.3 is 5.32 Å². The largest absolute Gasteiger partial charge is 0.352 e. The number of nitrogens with one attached hydrogen (secondary N) is 1. The molecule has 1 aromatic carbocycles. The van der Waals surface area contributed by atoms with E-state index in [9.17, 15) is 14.9 Å². The van der Waals surface area contributed by atoms with Gasteiger partial charge in [0.15, 0.2) is 0 Å². The van der Waals surface area contributed by atoms with Gasteiger partial charge in [0.25, 0.3) is 5.69 Å². The molecule has 5 nitrogen and oxygen atoms in total. The molecule has 0 radical (unpaired) electrons. The number of nitrogens with zero attached hydrogens (tertiary/aromatic N) is 1. The van der Waals surface area contributed by atoms with Crippen LogP contribution in [-0.4, -0.2) is 22.6 Å². The average molecular weight is 320 g/mol. The molecule has 2 aliphatic carbocycles. The predicted molar refractivity (Wildman–Crippen MR) is 86.6 cm³/mol. The summed E-state index contributed by atoms with van der Waals surface area (Å²) in [7, 11) is 0. The third kappa shape index (κ3) is 3.61. The SMILES string of the molecule is O=C(CSCc1ccc([N+](=O)[O-])cc1)N[C@@H]1C[C@@H]2CC[C@H]1C2. The molecule has 2 fully saturated rings. The van der Waals surface area contributed by atoms with E-state index in [-0.39, 0.29) is 11.6 Å². The van der Waals surface area contributed by atoms with Gasteiger partial charge in [0.2, 0.25) is 5.91 Å². The van der Waals surface area contributed by atoms with Crippen molar-refractivity contribution in [3.63, 3.8) is 0 Å². The highest BCUT2D eigenvalue weighted by Crippen LogP contribution is 2.44. The number of rotatable bonds is 6. The van der Waals surface area contributed by atoms with Crippen LogP contribution in [0.15, 0.2) is 24.3 Å². The number of nitro groups is 1. The zero-order chi connectivity index (χ0) is 15.5. The predicted octanol–water partition coefficient (Wildman–Crippen LogP) is 3.13. The van der Waals surface area contributed by atoms with E-state index in [1.54, 1.807) is 23.9 Å². The summed E-state index contributed by atoms with van der Waals surface area (Å²) in [5, 5.41) is 13.8. The Balaban J connectivity index is 1.39. The van der Waals surface area contributed by atoms with Gasteiger partial charge in [-0.05, 0) is 36.7 Å². The quantitative estimate of drug-likeness (QED) is 0.645. The van der Waals surface area contributed by atoms with E-state index < -0.39 is 4.92 Å². The topological polar surface area (TPSA) is 72.2 Å². The molecule has 118 valence electrons. The minimum Gasteiger partial charge on any atom is -0.352 e. The van der Waals surface area contributed by atoms with E-state index in [2.05, 4.69) is 5.32 Å². The zero-order valence-corrected chi connectivity index (χ0v) is 13.2. The summed E-state index contributed by atoms with van der Waals surface area (Å²) in [6.45, 7) is 0. The second-order valence-corrected chi connectivity index (χ2v) is 7.25. The van der Waals surface area contributed by atoms with Crippen molar-refractivity contribution in [3.8, 4) is 0 Å². The van der Waals surface area contributed by atoms with Crippen molar-refractivity contribution in [2.45, 2.75) is 37.5 Å². The molecule has 0 aliphatic heterocycles.